The van der Waals surface area contributed by atoms with Crippen LogP contribution in [-0.2, 0) is 6.42 Å². The number of aliphatic imine (C=N–C) groups is 1. The fraction of sp³-hybridized carbons (Fsp3) is 0.200. The summed E-state index contributed by atoms with van der Waals surface area (Å²) in [5.41, 5.74) is 2.90. The number of aromatic hydroxyl groups is 1. The van der Waals surface area contributed by atoms with Crippen molar-refractivity contribution in [3.8, 4) is 5.75 Å². The molecule has 2 rings (SSSR count). The fourth-order valence-corrected chi connectivity index (χ4v) is 1.67. The summed E-state index contributed by atoms with van der Waals surface area (Å²) in [6.45, 7) is 2.66. The number of phenols is 1. The Bertz CT molecular complexity index is 535. The Morgan fingerprint density at radius 3 is 2.94 bits per heavy atom. The number of hydrogen-bond acceptors (Lipinski definition) is 3. The predicted octanol–water partition coefficient (Wildman–Crippen LogP) is 2.76. The van der Waals surface area contributed by atoms with Gasteiger partial charge in [-0.3, -0.25) is 9.98 Å². The Labute approximate surface area is 107 Å². The third-order valence-electron chi connectivity index (χ3n) is 2.64. The summed E-state index contributed by atoms with van der Waals surface area (Å²) in [6, 6.07) is 11.3. The number of benzene rings is 1. The number of rotatable bonds is 4. The molecule has 0 aliphatic rings. The minimum atomic E-state index is 0.266. The summed E-state index contributed by atoms with van der Waals surface area (Å²) in [4.78, 5) is 8.55. The van der Waals surface area contributed by atoms with E-state index in [9.17, 15) is 5.11 Å². The third kappa shape index (κ3) is 3.42. The van der Waals surface area contributed by atoms with Crippen molar-refractivity contribution in [2.75, 3.05) is 6.54 Å². The quantitative estimate of drug-likeness (QED) is 0.835. The van der Waals surface area contributed by atoms with Crippen LogP contribution in [0.4, 0.5) is 0 Å². The Hall–Kier alpha value is -2.16. The van der Waals surface area contributed by atoms with Crippen LogP contribution in [-0.4, -0.2) is 22.8 Å². The van der Waals surface area contributed by atoms with Gasteiger partial charge in [-0.2, -0.15) is 0 Å². The highest BCUT2D eigenvalue weighted by Gasteiger charge is 1.97. The van der Waals surface area contributed by atoms with E-state index in [1.807, 2.05) is 37.3 Å². The summed E-state index contributed by atoms with van der Waals surface area (Å²) < 4.78 is 0. The second-order valence-corrected chi connectivity index (χ2v) is 4.17. The van der Waals surface area contributed by atoms with Crippen LogP contribution in [0.2, 0.25) is 0 Å². The van der Waals surface area contributed by atoms with Gasteiger partial charge in [0.05, 0.1) is 0 Å². The van der Waals surface area contributed by atoms with E-state index in [1.54, 1.807) is 18.5 Å². The Morgan fingerprint density at radius 1 is 1.28 bits per heavy atom. The second-order valence-electron chi connectivity index (χ2n) is 4.17. The highest BCUT2D eigenvalue weighted by Crippen LogP contribution is 2.15. The summed E-state index contributed by atoms with van der Waals surface area (Å²) in [5.74, 6) is 0.266. The molecule has 0 aliphatic heterocycles. The normalized spacial score (nSPS) is 10.9. The molecule has 0 fully saturated rings. The lowest BCUT2D eigenvalue weighted by atomic mass is 10.1. The standard InChI is InChI=1S/C15H16N2O/c1-12-5-6-15(18)13(10-12)11-16-9-7-14-4-2-3-8-17-14/h2-6,8,10-11,18H,7,9H2,1H3. The monoisotopic (exact) mass is 240 g/mol. The molecular formula is C15H16N2O. The zero-order valence-corrected chi connectivity index (χ0v) is 10.4. The van der Waals surface area contributed by atoms with Crippen molar-refractivity contribution in [3.05, 3.63) is 59.4 Å². The van der Waals surface area contributed by atoms with Crippen molar-refractivity contribution in [2.24, 2.45) is 4.99 Å². The molecule has 92 valence electrons. The van der Waals surface area contributed by atoms with Crippen molar-refractivity contribution in [3.63, 3.8) is 0 Å². The van der Waals surface area contributed by atoms with Crippen molar-refractivity contribution >= 4 is 6.21 Å². The largest absolute Gasteiger partial charge is 0.507 e. The van der Waals surface area contributed by atoms with Gasteiger partial charge in [-0.05, 0) is 31.2 Å². The number of pyridine rings is 1. The van der Waals surface area contributed by atoms with E-state index in [0.717, 1.165) is 23.2 Å². The van der Waals surface area contributed by atoms with Gasteiger partial charge in [-0.1, -0.05) is 17.7 Å². The minimum absolute atomic E-state index is 0.266. The van der Waals surface area contributed by atoms with Crippen molar-refractivity contribution < 1.29 is 5.11 Å². The van der Waals surface area contributed by atoms with Crippen LogP contribution in [0.15, 0.2) is 47.6 Å². The number of aromatic nitrogens is 1. The van der Waals surface area contributed by atoms with Gasteiger partial charge in [0.25, 0.3) is 0 Å². The molecule has 1 aromatic carbocycles. The van der Waals surface area contributed by atoms with Crippen LogP contribution in [0.1, 0.15) is 16.8 Å². The summed E-state index contributed by atoms with van der Waals surface area (Å²) in [6.07, 6.45) is 4.31. The molecule has 1 aromatic heterocycles. The van der Waals surface area contributed by atoms with Crippen LogP contribution in [0, 0.1) is 6.92 Å². The number of phenolic OH excluding ortho intramolecular Hbond substituents is 1. The smallest absolute Gasteiger partial charge is 0.124 e. The average Bonchev–Trinajstić information content (AvgIpc) is 2.40. The molecule has 1 N–H and O–H groups in total. The maximum Gasteiger partial charge on any atom is 0.124 e. The van der Waals surface area contributed by atoms with Crippen molar-refractivity contribution in [1.82, 2.24) is 4.98 Å². The molecule has 3 nitrogen and oxygen atoms in total. The van der Waals surface area contributed by atoms with Crippen molar-refractivity contribution in [2.45, 2.75) is 13.3 Å². The SMILES string of the molecule is Cc1ccc(O)c(C=NCCc2ccccn2)c1. The molecule has 0 saturated carbocycles. The number of hydrogen-bond donors (Lipinski definition) is 1. The van der Waals surface area contributed by atoms with Crippen LogP contribution >= 0.6 is 0 Å². The van der Waals surface area contributed by atoms with E-state index in [0.29, 0.717) is 6.54 Å². The first-order chi connectivity index (χ1) is 8.75. The Morgan fingerprint density at radius 2 is 2.17 bits per heavy atom. The molecular weight excluding hydrogens is 224 g/mol. The van der Waals surface area contributed by atoms with E-state index in [-0.39, 0.29) is 5.75 Å². The van der Waals surface area contributed by atoms with Crippen LogP contribution in [0.5, 0.6) is 5.75 Å². The molecule has 0 spiro atoms. The first kappa shape index (κ1) is 12.3. The lowest BCUT2D eigenvalue weighted by Gasteiger charge is -2.00. The molecule has 1 heterocycles. The van der Waals surface area contributed by atoms with Gasteiger partial charge in [-0.15, -0.1) is 0 Å². The minimum Gasteiger partial charge on any atom is -0.507 e. The van der Waals surface area contributed by atoms with Gasteiger partial charge < -0.3 is 5.11 Å². The Balaban J connectivity index is 1.94. The van der Waals surface area contributed by atoms with Gasteiger partial charge in [0.2, 0.25) is 0 Å². The molecule has 3 heteroatoms. The highest BCUT2D eigenvalue weighted by molar-refractivity contribution is 5.83. The molecule has 18 heavy (non-hydrogen) atoms. The van der Waals surface area contributed by atoms with E-state index in [4.69, 9.17) is 0 Å². The summed E-state index contributed by atoms with van der Waals surface area (Å²) in [7, 11) is 0. The maximum absolute atomic E-state index is 9.65. The first-order valence-electron chi connectivity index (χ1n) is 5.95. The van der Waals surface area contributed by atoms with E-state index < -0.39 is 0 Å². The van der Waals surface area contributed by atoms with Gasteiger partial charge in [0.15, 0.2) is 0 Å². The first-order valence-corrected chi connectivity index (χ1v) is 5.95. The predicted molar refractivity (Wildman–Crippen MR) is 73.2 cm³/mol. The van der Waals surface area contributed by atoms with E-state index in [1.165, 1.54) is 0 Å². The maximum atomic E-state index is 9.65. The lowest BCUT2D eigenvalue weighted by molar-refractivity contribution is 0.474. The molecule has 0 aliphatic carbocycles. The molecule has 0 atom stereocenters. The molecule has 0 unspecified atom stereocenters. The highest BCUT2D eigenvalue weighted by atomic mass is 16.3. The second kappa shape index (κ2) is 5.96. The third-order valence-corrected chi connectivity index (χ3v) is 2.64. The molecule has 2 aromatic rings. The molecule has 0 radical (unpaired) electrons. The molecule has 0 bridgehead atoms. The van der Waals surface area contributed by atoms with Gasteiger partial charge >= 0.3 is 0 Å². The Kier molecular flexibility index (Phi) is 4.07. The number of nitrogens with zero attached hydrogens (tertiary/aromatic N) is 2. The summed E-state index contributed by atoms with van der Waals surface area (Å²) in [5, 5.41) is 9.65. The van der Waals surface area contributed by atoms with Crippen LogP contribution in [0.25, 0.3) is 0 Å². The fourth-order valence-electron chi connectivity index (χ4n) is 1.67. The van der Waals surface area contributed by atoms with Gasteiger partial charge in [0.1, 0.15) is 5.75 Å². The topological polar surface area (TPSA) is 45.5 Å². The van der Waals surface area contributed by atoms with E-state index in [2.05, 4.69) is 9.98 Å². The zero-order valence-electron chi connectivity index (χ0n) is 10.4. The van der Waals surface area contributed by atoms with Crippen LogP contribution < -0.4 is 0 Å². The molecule has 0 amide bonds. The zero-order chi connectivity index (χ0) is 12.8. The average molecular weight is 240 g/mol. The van der Waals surface area contributed by atoms with Gasteiger partial charge in [0, 0.05) is 36.6 Å². The lowest BCUT2D eigenvalue weighted by Crippen LogP contribution is -1.93. The number of aryl methyl sites for hydroxylation is 1. The van der Waals surface area contributed by atoms with Crippen LogP contribution in [0.3, 0.4) is 0 Å². The van der Waals surface area contributed by atoms with E-state index >= 15 is 0 Å². The van der Waals surface area contributed by atoms with Gasteiger partial charge in [-0.25, -0.2) is 0 Å². The van der Waals surface area contributed by atoms with Crippen molar-refractivity contribution in [1.29, 1.82) is 0 Å². The summed E-state index contributed by atoms with van der Waals surface area (Å²) >= 11 is 0. The molecule has 0 saturated heterocycles.